The highest BCUT2D eigenvalue weighted by Gasteiger charge is 2.32. The number of nitrogens with zero attached hydrogens (tertiary/aromatic N) is 1. The van der Waals surface area contributed by atoms with Crippen LogP contribution in [0.2, 0.25) is 0 Å². The molecule has 118 valence electrons. The van der Waals surface area contributed by atoms with E-state index in [9.17, 15) is 26.7 Å². The molecule has 0 spiro atoms. The van der Waals surface area contributed by atoms with Crippen LogP contribution in [0.4, 0.5) is 3.89 Å². The first-order valence-electron chi connectivity index (χ1n) is 6.04. The van der Waals surface area contributed by atoms with Crippen LogP contribution in [0.5, 0.6) is 5.75 Å². The highest BCUT2D eigenvalue weighted by molar-refractivity contribution is 7.81. The third kappa shape index (κ3) is 4.25. The first kappa shape index (κ1) is 15.9. The molecule has 22 heavy (non-hydrogen) atoms. The average molecular weight is 331 g/mol. The van der Waals surface area contributed by atoms with Gasteiger partial charge in [0, 0.05) is 12.8 Å². The zero-order valence-corrected chi connectivity index (χ0v) is 11.8. The van der Waals surface area contributed by atoms with Gasteiger partial charge in [-0.2, -0.15) is 8.42 Å². The first-order valence-corrected chi connectivity index (χ1v) is 7.35. The molecule has 0 unspecified atom stereocenters. The number of hydrogen-bond acceptors (Lipinski definition) is 7. The first-order chi connectivity index (χ1) is 10.2. The summed E-state index contributed by atoms with van der Waals surface area (Å²) in [7, 11) is -5.11. The molecule has 1 aliphatic heterocycles. The van der Waals surface area contributed by atoms with Crippen molar-refractivity contribution < 1.29 is 35.7 Å². The predicted molar refractivity (Wildman–Crippen MR) is 68.0 cm³/mol. The van der Waals surface area contributed by atoms with Crippen LogP contribution in [-0.4, -0.2) is 31.3 Å². The molecule has 0 bridgehead atoms. The summed E-state index contributed by atoms with van der Waals surface area (Å²) in [6.45, 7) is 0. The summed E-state index contributed by atoms with van der Waals surface area (Å²) in [4.78, 5) is 38.8. The monoisotopic (exact) mass is 331 g/mol. The van der Waals surface area contributed by atoms with E-state index in [2.05, 4.69) is 9.02 Å². The Kier molecular flexibility index (Phi) is 4.40. The van der Waals surface area contributed by atoms with Crippen molar-refractivity contribution in [3.8, 4) is 5.75 Å². The van der Waals surface area contributed by atoms with Crippen molar-refractivity contribution in [2.45, 2.75) is 19.3 Å². The Labute approximate surface area is 124 Å². The molecule has 8 nitrogen and oxygen atoms in total. The summed E-state index contributed by atoms with van der Waals surface area (Å²) in [5, 5.41) is 0.426. The Morgan fingerprint density at radius 1 is 1.14 bits per heavy atom. The van der Waals surface area contributed by atoms with Crippen molar-refractivity contribution in [3.63, 3.8) is 0 Å². The van der Waals surface area contributed by atoms with Gasteiger partial charge in [-0.05, 0) is 17.7 Å². The molecule has 2 amide bonds. The van der Waals surface area contributed by atoms with Gasteiger partial charge in [0.1, 0.15) is 5.75 Å². The number of carbonyl (C=O) groups is 3. The Morgan fingerprint density at radius 2 is 1.68 bits per heavy atom. The number of hydroxylamine groups is 2. The van der Waals surface area contributed by atoms with Crippen molar-refractivity contribution in [1.29, 1.82) is 0 Å². The fourth-order valence-corrected chi connectivity index (χ4v) is 2.08. The van der Waals surface area contributed by atoms with Gasteiger partial charge in [0.2, 0.25) is 0 Å². The van der Waals surface area contributed by atoms with Crippen LogP contribution < -0.4 is 4.18 Å². The van der Waals surface area contributed by atoms with Gasteiger partial charge in [0.15, 0.2) is 0 Å². The lowest BCUT2D eigenvalue weighted by atomic mass is 10.1. The van der Waals surface area contributed by atoms with Crippen molar-refractivity contribution in [2.75, 3.05) is 0 Å². The maximum absolute atomic E-state index is 12.3. The van der Waals surface area contributed by atoms with Gasteiger partial charge >= 0.3 is 16.5 Å². The Morgan fingerprint density at radius 3 is 2.18 bits per heavy atom. The largest absolute Gasteiger partial charge is 0.488 e. The SMILES string of the molecule is O=C(Cc1ccc(OS(=O)(=O)F)cc1)ON1C(=O)CCC1=O. The summed E-state index contributed by atoms with van der Waals surface area (Å²) in [6, 6.07) is 4.92. The highest BCUT2D eigenvalue weighted by atomic mass is 32.3. The van der Waals surface area contributed by atoms with Crippen LogP contribution >= 0.6 is 0 Å². The van der Waals surface area contributed by atoms with Gasteiger partial charge in [0.25, 0.3) is 11.8 Å². The molecule has 1 aliphatic rings. The van der Waals surface area contributed by atoms with Crippen LogP contribution in [0.25, 0.3) is 0 Å². The smallest absolute Gasteiger partial charge is 0.358 e. The van der Waals surface area contributed by atoms with Gasteiger partial charge in [-0.25, -0.2) is 4.79 Å². The summed E-state index contributed by atoms with van der Waals surface area (Å²) < 4.78 is 36.9. The molecular weight excluding hydrogens is 321 g/mol. The van der Waals surface area contributed by atoms with Crippen molar-refractivity contribution in [2.24, 2.45) is 0 Å². The molecule has 1 aromatic carbocycles. The number of imide groups is 1. The van der Waals surface area contributed by atoms with Gasteiger partial charge < -0.3 is 9.02 Å². The van der Waals surface area contributed by atoms with Gasteiger partial charge in [0.05, 0.1) is 6.42 Å². The molecule has 1 heterocycles. The van der Waals surface area contributed by atoms with E-state index in [1.165, 1.54) is 12.1 Å². The quantitative estimate of drug-likeness (QED) is 0.569. The van der Waals surface area contributed by atoms with E-state index in [1.807, 2.05) is 0 Å². The minimum Gasteiger partial charge on any atom is -0.358 e. The second kappa shape index (κ2) is 6.10. The van der Waals surface area contributed by atoms with Crippen LogP contribution in [0.15, 0.2) is 24.3 Å². The lowest BCUT2D eigenvalue weighted by Gasteiger charge is -2.12. The Balaban J connectivity index is 1.94. The van der Waals surface area contributed by atoms with Crippen LogP contribution in [0.1, 0.15) is 18.4 Å². The zero-order chi connectivity index (χ0) is 16.3. The molecule has 0 saturated carbocycles. The number of halogens is 1. The molecule has 1 saturated heterocycles. The molecule has 0 aromatic heterocycles. The lowest BCUT2D eigenvalue weighted by Crippen LogP contribution is -2.32. The molecule has 0 radical (unpaired) electrons. The van der Waals surface area contributed by atoms with Crippen LogP contribution in [-0.2, 0) is 36.1 Å². The van der Waals surface area contributed by atoms with Crippen molar-refractivity contribution in [3.05, 3.63) is 29.8 Å². The summed E-state index contributed by atoms with van der Waals surface area (Å²) >= 11 is 0. The maximum atomic E-state index is 12.3. The number of hydrogen-bond donors (Lipinski definition) is 0. The predicted octanol–water partition coefficient (Wildman–Crippen LogP) is 0.429. The van der Waals surface area contributed by atoms with E-state index >= 15 is 0 Å². The van der Waals surface area contributed by atoms with Gasteiger partial charge in [-0.15, -0.1) is 5.06 Å². The molecule has 0 atom stereocenters. The summed E-state index contributed by atoms with van der Waals surface area (Å²) in [5.74, 6) is -2.27. The third-order valence-electron chi connectivity index (χ3n) is 2.67. The number of benzene rings is 1. The molecule has 1 aromatic rings. The molecular formula is C12H10FNO7S. The number of rotatable bonds is 5. The van der Waals surface area contributed by atoms with Crippen LogP contribution in [0.3, 0.4) is 0 Å². The normalized spacial score (nSPS) is 15.0. The fourth-order valence-electron chi connectivity index (χ4n) is 1.74. The number of amides is 2. The standard InChI is InChI=1S/C12H10FNO7S/c13-22(18,19)21-9-3-1-8(2-4-9)7-12(17)20-14-10(15)5-6-11(14)16/h1-4H,5-7H2. The maximum Gasteiger partial charge on any atom is 0.488 e. The topological polar surface area (TPSA) is 107 Å². The molecule has 0 N–H and O–H groups in total. The van der Waals surface area contributed by atoms with Gasteiger partial charge in [-0.1, -0.05) is 16.0 Å². The van der Waals surface area contributed by atoms with E-state index < -0.39 is 28.3 Å². The van der Waals surface area contributed by atoms with E-state index in [-0.39, 0.29) is 25.0 Å². The van der Waals surface area contributed by atoms with E-state index in [1.54, 1.807) is 0 Å². The minimum absolute atomic E-state index is 0.00411. The second-order valence-corrected chi connectivity index (χ2v) is 5.30. The molecule has 0 aliphatic carbocycles. The van der Waals surface area contributed by atoms with Crippen molar-refractivity contribution >= 4 is 28.3 Å². The zero-order valence-electron chi connectivity index (χ0n) is 11.0. The highest BCUT2D eigenvalue weighted by Crippen LogP contribution is 2.17. The fraction of sp³-hybridized carbons (Fsp3) is 0.250. The van der Waals surface area contributed by atoms with Gasteiger partial charge in [-0.3, -0.25) is 9.59 Å². The van der Waals surface area contributed by atoms with E-state index in [0.29, 0.717) is 10.6 Å². The number of carbonyl (C=O) groups excluding carboxylic acids is 3. The van der Waals surface area contributed by atoms with E-state index in [4.69, 9.17) is 0 Å². The minimum atomic E-state index is -5.11. The lowest BCUT2D eigenvalue weighted by molar-refractivity contribution is -0.197. The molecule has 2 rings (SSSR count). The summed E-state index contributed by atoms with van der Waals surface area (Å²) in [5.41, 5.74) is 0.396. The summed E-state index contributed by atoms with van der Waals surface area (Å²) in [6.07, 6.45) is -0.272. The molecule has 10 heteroatoms. The third-order valence-corrected chi connectivity index (χ3v) is 3.06. The molecule has 1 fully saturated rings. The Bertz CT molecular complexity index is 697. The average Bonchev–Trinajstić information content (AvgIpc) is 2.71. The van der Waals surface area contributed by atoms with Crippen molar-refractivity contribution in [1.82, 2.24) is 5.06 Å². The van der Waals surface area contributed by atoms with E-state index in [0.717, 1.165) is 12.1 Å². The Hall–Kier alpha value is -2.49. The van der Waals surface area contributed by atoms with Crippen LogP contribution in [0, 0.1) is 0 Å². The second-order valence-electron chi connectivity index (χ2n) is 4.34.